The van der Waals surface area contributed by atoms with Gasteiger partial charge in [-0.25, -0.2) is 0 Å². The normalized spacial score (nSPS) is 14.0. The molecule has 0 atom stereocenters. The molecule has 4 nitrogen and oxygen atoms in total. The molecule has 0 aromatic heterocycles. The van der Waals surface area contributed by atoms with E-state index in [4.69, 9.17) is 0 Å². The van der Waals surface area contributed by atoms with Crippen LogP contribution in [-0.4, -0.2) is 39.2 Å². The summed E-state index contributed by atoms with van der Waals surface area (Å²) in [4.78, 5) is 15.9. The van der Waals surface area contributed by atoms with Gasteiger partial charge in [-0.15, -0.1) is 11.8 Å². The summed E-state index contributed by atoms with van der Waals surface area (Å²) in [7, 11) is 4.03. The number of aldehydes is 1. The van der Waals surface area contributed by atoms with E-state index in [0.29, 0.717) is 6.42 Å². The zero-order valence-corrected chi connectivity index (χ0v) is 13.4. The molecule has 0 aliphatic carbocycles. The van der Waals surface area contributed by atoms with Gasteiger partial charge in [-0.05, 0) is 25.0 Å². The smallest absolute Gasteiger partial charge is 0.120 e. The third-order valence-corrected chi connectivity index (χ3v) is 4.70. The Bertz CT molecular complexity index is 545. The lowest BCUT2D eigenvalue weighted by molar-refractivity contribution is -0.107. The van der Waals surface area contributed by atoms with E-state index in [9.17, 15) is 10.1 Å². The molecule has 1 fully saturated rings. The van der Waals surface area contributed by atoms with Crippen LogP contribution >= 0.6 is 11.8 Å². The molecule has 0 radical (unpaired) electrons. The fourth-order valence-electron chi connectivity index (χ4n) is 2.55. The number of rotatable bonds is 6. The van der Waals surface area contributed by atoms with Crippen molar-refractivity contribution in [1.29, 1.82) is 5.26 Å². The minimum Gasteiger partial charge on any atom is -0.377 e. The molecule has 0 saturated carbocycles. The summed E-state index contributed by atoms with van der Waals surface area (Å²) in [6, 6.07) is 6.42. The third kappa shape index (κ3) is 3.70. The summed E-state index contributed by atoms with van der Waals surface area (Å²) in [5, 5.41) is 9.45. The van der Waals surface area contributed by atoms with Crippen molar-refractivity contribution in [2.75, 3.05) is 42.7 Å². The molecule has 5 heteroatoms. The van der Waals surface area contributed by atoms with Crippen molar-refractivity contribution in [2.24, 2.45) is 0 Å². The van der Waals surface area contributed by atoms with E-state index in [1.165, 1.54) is 12.8 Å². The molecule has 0 unspecified atom stereocenters. The van der Waals surface area contributed by atoms with Gasteiger partial charge in [0.05, 0.1) is 16.9 Å². The van der Waals surface area contributed by atoms with Crippen LogP contribution < -0.4 is 9.80 Å². The van der Waals surface area contributed by atoms with Crippen LogP contribution in [0.5, 0.6) is 0 Å². The number of benzene rings is 1. The molecule has 0 spiro atoms. The van der Waals surface area contributed by atoms with Gasteiger partial charge in [-0.1, -0.05) is 0 Å². The van der Waals surface area contributed by atoms with E-state index in [1.54, 1.807) is 11.8 Å². The number of hydrogen-bond donors (Lipinski definition) is 0. The first-order valence-electron chi connectivity index (χ1n) is 7.24. The van der Waals surface area contributed by atoms with Crippen LogP contribution in [-0.2, 0) is 4.79 Å². The SMILES string of the molecule is CN(C)c1cc(N2CCCC2)c(C#N)cc1SCCC=O. The van der Waals surface area contributed by atoms with Gasteiger partial charge in [-0.3, -0.25) is 0 Å². The van der Waals surface area contributed by atoms with Crippen molar-refractivity contribution in [3.63, 3.8) is 0 Å². The monoisotopic (exact) mass is 303 g/mol. The lowest BCUT2D eigenvalue weighted by Crippen LogP contribution is -2.20. The highest BCUT2D eigenvalue weighted by Crippen LogP contribution is 2.37. The molecule has 0 bridgehead atoms. The van der Waals surface area contributed by atoms with Gasteiger partial charge in [-0.2, -0.15) is 5.26 Å². The number of anilines is 2. The number of carbonyl (C=O) groups excluding carboxylic acids is 1. The quantitative estimate of drug-likeness (QED) is 0.459. The third-order valence-electron chi connectivity index (χ3n) is 3.62. The topological polar surface area (TPSA) is 47.3 Å². The largest absolute Gasteiger partial charge is 0.377 e. The first kappa shape index (κ1) is 15.7. The minimum atomic E-state index is 0.535. The van der Waals surface area contributed by atoms with Crippen molar-refractivity contribution >= 4 is 29.4 Å². The van der Waals surface area contributed by atoms with Crippen molar-refractivity contribution in [3.05, 3.63) is 17.7 Å². The predicted molar refractivity (Wildman–Crippen MR) is 88.3 cm³/mol. The van der Waals surface area contributed by atoms with E-state index in [2.05, 4.69) is 21.9 Å². The maximum atomic E-state index is 10.5. The molecule has 112 valence electrons. The Morgan fingerprint density at radius 2 is 2.10 bits per heavy atom. The van der Waals surface area contributed by atoms with Crippen LogP contribution in [0, 0.1) is 11.3 Å². The van der Waals surface area contributed by atoms with Gasteiger partial charge in [0.2, 0.25) is 0 Å². The lowest BCUT2D eigenvalue weighted by atomic mass is 10.1. The minimum absolute atomic E-state index is 0.535. The fourth-order valence-corrected chi connectivity index (χ4v) is 3.57. The molecule has 1 aromatic rings. The highest BCUT2D eigenvalue weighted by molar-refractivity contribution is 7.99. The molecular weight excluding hydrogens is 282 g/mol. The number of hydrogen-bond acceptors (Lipinski definition) is 5. The number of carbonyl (C=O) groups is 1. The predicted octanol–water partition coefficient (Wildman–Crippen LogP) is 2.91. The zero-order chi connectivity index (χ0) is 15.2. The maximum Gasteiger partial charge on any atom is 0.120 e. The molecule has 21 heavy (non-hydrogen) atoms. The number of nitriles is 1. The van der Waals surface area contributed by atoms with Gasteiger partial charge in [0.1, 0.15) is 12.4 Å². The van der Waals surface area contributed by atoms with E-state index in [-0.39, 0.29) is 0 Å². The second-order valence-corrected chi connectivity index (χ2v) is 6.48. The van der Waals surface area contributed by atoms with E-state index in [1.807, 2.05) is 20.2 Å². The number of thioether (sulfide) groups is 1. The van der Waals surface area contributed by atoms with Crippen LogP contribution in [0.4, 0.5) is 11.4 Å². The molecule has 2 rings (SSSR count). The first-order valence-corrected chi connectivity index (χ1v) is 8.22. The van der Waals surface area contributed by atoms with Gasteiger partial charge in [0.25, 0.3) is 0 Å². The summed E-state index contributed by atoms with van der Waals surface area (Å²) in [6.45, 7) is 2.05. The Labute approximate surface area is 130 Å². The Kier molecular flexibility index (Phi) is 5.51. The van der Waals surface area contributed by atoms with Crippen molar-refractivity contribution in [1.82, 2.24) is 0 Å². The highest BCUT2D eigenvalue weighted by Gasteiger charge is 2.19. The number of nitrogens with zero attached hydrogens (tertiary/aromatic N) is 3. The first-order chi connectivity index (χ1) is 10.2. The van der Waals surface area contributed by atoms with E-state index < -0.39 is 0 Å². The molecule has 0 amide bonds. The molecule has 1 aliphatic rings. The van der Waals surface area contributed by atoms with Crippen LogP contribution in [0.25, 0.3) is 0 Å². The lowest BCUT2D eigenvalue weighted by Gasteiger charge is -2.24. The van der Waals surface area contributed by atoms with Gasteiger partial charge in [0, 0.05) is 44.3 Å². The Hall–Kier alpha value is -1.67. The van der Waals surface area contributed by atoms with Crippen molar-refractivity contribution in [2.45, 2.75) is 24.2 Å². The maximum absolute atomic E-state index is 10.5. The average Bonchev–Trinajstić information content (AvgIpc) is 3.00. The second-order valence-electron chi connectivity index (χ2n) is 5.34. The van der Waals surface area contributed by atoms with Crippen LogP contribution in [0.1, 0.15) is 24.8 Å². The van der Waals surface area contributed by atoms with Gasteiger partial charge < -0.3 is 14.6 Å². The Morgan fingerprint density at radius 1 is 1.38 bits per heavy atom. The Morgan fingerprint density at radius 3 is 2.67 bits per heavy atom. The van der Waals surface area contributed by atoms with Gasteiger partial charge in [0.15, 0.2) is 0 Å². The summed E-state index contributed by atoms with van der Waals surface area (Å²) in [6.07, 6.45) is 3.86. The standard InChI is InChI=1S/C16H21N3OS/c1-18(2)15-11-14(19-6-3-4-7-19)13(12-17)10-16(15)21-9-5-8-20/h8,10-11H,3-7,9H2,1-2H3. The van der Waals surface area contributed by atoms with Crippen LogP contribution in [0.15, 0.2) is 17.0 Å². The molecule has 0 N–H and O–H groups in total. The summed E-state index contributed by atoms with van der Waals surface area (Å²) in [5.74, 6) is 0.748. The fraction of sp³-hybridized carbons (Fsp3) is 0.500. The zero-order valence-electron chi connectivity index (χ0n) is 12.6. The van der Waals surface area contributed by atoms with Crippen molar-refractivity contribution in [3.8, 4) is 6.07 Å². The van der Waals surface area contributed by atoms with Crippen LogP contribution in [0.3, 0.4) is 0 Å². The molecule has 1 aromatic carbocycles. The second kappa shape index (κ2) is 7.37. The summed E-state index contributed by atoms with van der Waals surface area (Å²) < 4.78 is 0. The van der Waals surface area contributed by atoms with E-state index >= 15 is 0 Å². The van der Waals surface area contributed by atoms with Crippen molar-refractivity contribution < 1.29 is 4.79 Å². The highest BCUT2D eigenvalue weighted by atomic mass is 32.2. The molecule has 1 aliphatic heterocycles. The molecule has 1 heterocycles. The average molecular weight is 303 g/mol. The Balaban J connectivity index is 2.36. The molecule has 1 saturated heterocycles. The van der Waals surface area contributed by atoms with E-state index in [0.717, 1.165) is 47.0 Å². The summed E-state index contributed by atoms with van der Waals surface area (Å²) >= 11 is 1.64. The summed E-state index contributed by atoms with van der Waals surface area (Å²) in [5.41, 5.74) is 2.89. The van der Waals surface area contributed by atoms with Crippen LogP contribution in [0.2, 0.25) is 0 Å². The molecular formula is C16H21N3OS. The van der Waals surface area contributed by atoms with Gasteiger partial charge >= 0.3 is 0 Å².